The van der Waals surface area contributed by atoms with Crippen LogP contribution in [0.15, 0.2) is 16.7 Å². The van der Waals surface area contributed by atoms with Crippen molar-refractivity contribution in [2.75, 3.05) is 6.54 Å². The number of hydrogen-bond donors (Lipinski definition) is 1. The molecule has 0 atom stereocenters. The molecule has 2 heterocycles. The molecule has 0 spiro atoms. The van der Waals surface area contributed by atoms with E-state index < -0.39 is 11.6 Å². The maximum Gasteiger partial charge on any atom is 0.215 e. The summed E-state index contributed by atoms with van der Waals surface area (Å²) in [4.78, 5) is 4.23. The summed E-state index contributed by atoms with van der Waals surface area (Å²) in [6.07, 6.45) is 0.653. The molecule has 2 aromatic heterocycles. The van der Waals surface area contributed by atoms with Gasteiger partial charge in [0.1, 0.15) is 15.9 Å². The minimum absolute atomic E-state index is 0.159. The second kappa shape index (κ2) is 4.28. The molecular weight excluding hydrogens is 318 g/mol. The Labute approximate surface area is 116 Å². The first-order valence-corrected chi connectivity index (χ1v) is 6.54. The summed E-state index contributed by atoms with van der Waals surface area (Å²) < 4.78 is 31.3. The number of aromatic nitrogens is 3. The molecule has 2 N–H and O–H groups in total. The molecule has 100 valence electrons. The Hall–Kier alpha value is -1.47. The fourth-order valence-electron chi connectivity index (χ4n) is 2.31. The molecule has 1 aromatic carbocycles. The number of imidazole rings is 2. The number of aryl methyl sites for hydroxylation is 1. The summed E-state index contributed by atoms with van der Waals surface area (Å²) in [6.45, 7) is 0.486. The van der Waals surface area contributed by atoms with Crippen LogP contribution in [-0.4, -0.2) is 20.5 Å². The third kappa shape index (κ3) is 1.68. The first kappa shape index (κ1) is 12.6. The Morgan fingerprint density at radius 1 is 1.37 bits per heavy atom. The number of fused-ring (bicyclic) bond motifs is 3. The van der Waals surface area contributed by atoms with E-state index in [4.69, 9.17) is 5.73 Å². The second-order valence-corrected chi connectivity index (χ2v) is 5.09. The lowest BCUT2D eigenvalue weighted by Crippen LogP contribution is -2.07. The van der Waals surface area contributed by atoms with Gasteiger partial charge in [0.25, 0.3) is 0 Å². The van der Waals surface area contributed by atoms with Crippen LogP contribution in [-0.2, 0) is 13.5 Å². The molecule has 3 rings (SSSR count). The largest absolute Gasteiger partial charge is 0.330 e. The lowest BCUT2D eigenvalue weighted by Gasteiger charge is -2.01. The van der Waals surface area contributed by atoms with Crippen LogP contribution in [0.2, 0.25) is 0 Å². The zero-order valence-corrected chi connectivity index (χ0v) is 11.7. The Morgan fingerprint density at radius 3 is 2.79 bits per heavy atom. The van der Waals surface area contributed by atoms with Crippen molar-refractivity contribution in [1.29, 1.82) is 0 Å². The van der Waals surface area contributed by atoms with Gasteiger partial charge < -0.3 is 10.3 Å². The van der Waals surface area contributed by atoms with Crippen LogP contribution < -0.4 is 5.73 Å². The smallest absolute Gasteiger partial charge is 0.215 e. The molecule has 3 aromatic rings. The summed E-state index contributed by atoms with van der Waals surface area (Å²) in [5, 5.41) is 0. The second-order valence-electron chi connectivity index (χ2n) is 4.34. The summed E-state index contributed by atoms with van der Waals surface area (Å²) >= 11 is 3.45. The number of nitrogens with two attached hydrogens (primary N) is 1. The van der Waals surface area contributed by atoms with E-state index in [1.165, 1.54) is 6.07 Å². The number of rotatable bonds is 2. The molecular formula is C12H11BrF2N4. The molecule has 0 saturated heterocycles. The minimum atomic E-state index is -0.661. The summed E-state index contributed by atoms with van der Waals surface area (Å²) in [7, 11) is 1.82. The normalized spacial score (nSPS) is 11.8. The predicted octanol–water partition coefficient (Wildman–Crippen LogP) is 2.37. The van der Waals surface area contributed by atoms with E-state index >= 15 is 0 Å². The van der Waals surface area contributed by atoms with Gasteiger partial charge >= 0.3 is 0 Å². The average molecular weight is 329 g/mol. The lowest BCUT2D eigenvalue weighted by atomic mass is 10.3. The van der Waals surface area contributed by atoms with Gasteiger partial charge in [0.2, 0.25) is 5.78 Å². The summed E-state index contributed by atoms with van der Waals surface area (Å²) in [5.41, 5.74) is 7.07. The van der Waals surface area contributed by atoms with Crippen molar-refractivity contribution in [3.63, 3.8) is 0 Å². The van der Waals surface area contributed by atoms with Crippen molar-refractivity contribution in [2.24, 2.45) is 12.8 Å². The third-order valence-corrected chi connectivity index (χ3v) is 3.99. The molecule has 0 saturated carbocycles. The SMILES string of the molecule is Cn1c(CCN)c(Br)n2c3cc(F)cc(F)c3nc12. The van der Waals surface area contributed by atoms with Crippen molar-refractivity contribution in [3.8, 4) is 0 Å². The molecule has 0 radical (unpaired) electrons. The van der Waals surface area contributed by atoms with Gasteiger partial charge in [-0.25, -0.2) is 13.8 Å². The minimum Gasteiger partial charge on any atom is -0.330 e. The number of benzene rings is 1. The maximum absolute atomic E-state index is 13.7. The van der Waals surface area contributed by atoms with Crippen LogP contribution in [0.4, 0.5) is 8.78 Å². The van der Waals surface area contributed by atoms with Gasteiger partial charge in [-0.2, -0.15) is 0 Å². The first-order valence-electron chi connectivity index (χ1n) is 5.75. The average Bonchev–Trinajstić information content (AvgIpc) is 2.82. The van der Waals surface area contributed by atoms with E-state index in [9.17, 15) is 8.78 Å². The number of halogens is 3. The fraction of sp³-hybridized carbons (Fsp3) is 0.250. The standard InChI is InChI=1S/C12H11BrF2N4/c1-18-8(2-3-16)11(13)19-9-5-6(14)4-7(15)10(9)17-12(18)19/h4-5H,2-3,16H2,1H3. The van der Waals surface area contributed by atoms with Crippen molar-refractivity contribution in [1.82, 2.24) is 14.0 Å². The van der Waals surface area contributed by atoms with E-state index in [1.807, 2.05) is 11.6 Å². The van der Waals surface area contributed by atoms with E-state index in [2.05, 4.69) is 20.9 Å². The van der Waals surface area contributed by atoms with Crippen LogP contribution in [0.1, 0.15) is 5.69 Å². The topological polar surface area (TPSA) is 48.2 Å². The Balaban J connectivity index is 2.46. The monoisotopic (exact) mass is 328 g/mol. The molecule has 4 nitrogen and oxygen atoms in total. The van der Waals surface area contributed by atoms with Crippen LogP contribution >= 0.6 is 15.9 Å². The van der Waals surface area contributed by atoms with Crippen LogP contribution in [0.5, 0.6) is 0 Å². The zero-order valence-electron chi connectivity index (χ0n) is 10.1. The van der Waals surface area contributed by atoms with Gasteiger partial charge in [-0.1, -0.05) is 0 Å². The van der Waals surface area contributed by atoms with Gasteiger partial charge in [-0.3, -0.25) is 4.40 Å². The molecule has 19 heavy (non-hydrogen) atoms. The highest BCUT2D eigenvalue weighted by molar-refractivity contribution is 9.10. The third-order valence-electron chi connectivity index (χ3n) is 3.18. The molecule has 0 bridgehead atoms. The molecule has 0 aliphatic rings. The fourth-order valence-corrected chi connectivity index (χ4v) is 3.12. The van der Waals surface area contributed by atoms with E-state index in [1.54, 1.807) is 4.40 Å². The van der Waals surface area contributed by atoms with Gasteiger partial charge in [-0.15, -0.1) is 0 Å². The van der Waals surface area contributed by atoms with Crippen LogP contribution in [0.3, 0.4) is 0 Å². The van der Waals surface area contributed by atoms with Gasteiger partial charge in [0, 0.05) is 25.6 Å². The predicted molar refractivity (Wildman–Crippen MR) is 72.0 cm³/mol. The van der Waals surface area contributed by atoms with Crippen LogP contribution in [0.25, 0.3) is 16.8 Å². The highest BCUT2D eigenvalue weighted by Crippen LogP contribution is 2.28. The Kier molecular flexibility index (Phi) is 2.83. The summed E-state index contributed by atoms with van der Waals surface area (Å²) in [5.74, 6) is -0.733. The highest BCUT2D eigenvalue weighted by Gasteiger charge is 2.19. The first-order chi connectivity index (χ1) is 9.04. The van der Waals surface area contributed by atoms with Crippen molar-refractivity contribution < 1.29 is 8.78 Å². The van der Waals surface area contributed by atoms with Gasteiger partial charge in [0.15, 0.2) is 5.82 Å². The lowest BCUT2D eigenvalue weighted by molar-refractivity contribution is 0.590. The van der Waals surface area contributed by atoms with Gasteiger partial charge in [-0.05, 0) is 22.5 Å². The molecule has 0 fully saturated rings. The zero-order chi connectivity index (χ0) is 13.7. The number of hydrogen-bond acceptors (Lipinski definition) is 2. The van der Waals surface area contributed by atoms with Crippen LogP contribution in [0, 0.1) is 11.6 Å². The molecule has 0 unspecified atom stereocenters. The van der Waals surface area contributed by atoms with E-state index in [-0.39, 0.29) is 5.52 Å². The van der Waals surface area contributed by atoms with Crippen molar-refractivity contribution in [3.05, 3.63) is 34.1 Å². The quantitative estimate of drug-likeness (QED) is 0.785. The van der Waals surface area contributed by atoms with E-state index in [0.717, 1.165) is 16.4 Å². The highest BCUT2D eigenvalue weighted by atomic mass is 79.9. The maximum atomic E-state index is 13.7. The van der Waals surface area contributed by atoms with Gasteiger partial charge in [0.05, 0.1) is 11.2 Å². The Morgan fingerprint density at radius 2 is 2.11 bits per heavy atom. The van der Waals surface area contributed by atoms with Crippen molar-refractivity contribution in [2.45, 2.75) is 6.42 Å². The van der Waals surface area contributed by atoms with Crippen molar-refractivity contribution >= 4 is 32.7 Å². The number of nitrogens with zero attached hydrogens (tertiary/aromatic N) is 3. The Bertz CT molecular complexity index is 790. The molecule has 0 aliphatic heterocycles. The summed E-state index contributed by atoms with van der Waals surface area (Å²) in [6, 6.07) is 2.11. The molecule has 0 amide bonds. The molecule has 0 aliphatic carbocycles. The molecule has 7 heteroatoms. The van der Waals surface area contributed by atoms with E-state index in [0.29, 0.717) is 24.3 Å².